The van der Waals surface area contributed by atoms with E-state index < -0.39 is 0 Å². The summed E-state index contributed by atoms with van der Waals surface area (Å²) >= 11 is 11.9. The minimum Gasteiger partial charge on any atom is -0.492 e. The Morgan fingerprint density at radius 1 is 1.00 bits per heavy atom. The topological polar surface area (TPSA) is 38.3 Å². The van der Waals surface area contributed by atoms with Gasteiger partial charge in [0.05, 0.1) is 22.2 Å². The molecule has 0 aromatic heterocycles. The van der Waals surface area contributed by atoms with Gasteiger partial charge in [-0.25, -0.2) is 0 Å². The summed E-state index contributed by atoms with van der Waals surface area (Å²) < 4.78 is 5.47. The van der Waals surface area contributed by atoms with Crippen LogP contribution in [0.15, 0.2) is 48.5 Å². The molecule has 0 spiro atoms. The van der Waals surface area contributed by atoms with Crippen molar-refractivity contribution < 1.29 is 9.53 Å². The standard InChI is InChI=1S/C15H13Cl2NO2/c16-12-7-4-8-13(17)14(12)15(19)18-9-10-20-11-5-2-1-3-6-11/h1-8H,9-10H2,(H,18,19). The molecule has 0 aliphatic carbocycles. The number of hydrogen-bond acceptors (Lipinski definition) is 2. The third-order valence-corrected chi connectivity index (χ3v) is 3.22. The van der Waals surface area contributed by atoms with Crippen LogP contribution < -0.4 is 10.1 Å². The van der Waals surface area contributed by atoms with Gasteiger partial charge in [-0.2, -0.15) is 0 Å². The number of rotatable bonds is 5. The van der Waals surface area contributed by atoms with Gasteiger partial charge < -0.3 is 10.1 Å². The first-order chi connectivity index (χ1) is 9.68. The van der Waals surface area contributed by atoms with E-state index in [2.05, 4.69) is 5.32 Å². The van der Waals surface area contributed by atoms with Crippen LogP contribution >= 0.6 is 23.2 Å². The Morgan fingerprint density at radius 3 is 2.30 bits per heavy atom. The van der Waals surface area contributed by atoms with E-state index >= 15 is 0 Å². The molecule has 0 bridgehead atoms. The molecule has 1 amide bonds. The SMILES string of the molecule is O=C(NCCOc1ccccc1)c1c(Cl)cccc1Cl. The van der Waals surface area contributed by atoms with Gasteiger partial charge in [0.15, 0.2) is 0 Å². The summed E-state index contributed by atoms with van der Waals surface area (Å²) in [6.07, 6.45) is 0. The minimum absolute atomic E-state index is 0.288. The Morgan fingerprint density at radius 2 is 1.65 bits per heavy atom. The molecule has 2 aromatic rings. The molecule has 0 atom stereocenters. The molecule has 0 saturated carbocycles. The van der Waals surface area contributed by atoms with Gasteiger partial charge in [-0.1, -0.05) is 47.5 Å². The molecule has 2 aromatic carbocycles. The Kier molecular flexibility index (Phi) is 5.27. The maximum absolute atomic E-state index is 12.0. The van der Waals surface area contributed by atoms with Gasteiger partial charge in [-0.3, -0.25) is 4.79 Å². The second-order valence-corrected chi connectivity index (χ2v) is 4.83. The van der Waals surface area contributed by atoms with E-state index in [0.717, 1.165) is 5.75 Å². The van der Waals surface area contributed by atoms with Crippen molar-refractivity contribution >= 4 is 29.1 Å². The first kappa shape index (κ1) is 14.7. The number of carbonyl (C=O) groups excluding carboxylic acids is 1. The molecule has 0 unspecified atom stereocenters. The Balaban J connectivity index is 1.84. The first-order valence-corrected chi connectivity index (χ1v) is 6.84. The molecule has 0 fully saturated rings. The predicted molar refractivity (Wildman–Crippen MR) is 80.7 cm³/mol. The number of benzene rings is 2. The van der Waals surface area contributed by atoms with Crippen molar-refractivity contribution in [3.63, 3.8) is 0 Å². The fourth-order valence-electron chi connectivity index (χ4n) is 1.65. The molecule has 2 rings (SSSR count). The summed E-state index contributed by atoms with van der Waals surface area (Å²) in [7, 11) is 0. The van der Waals surface area contributed by atoms with E-state index in [0.29, 0.717) is 23.2 Å². The van der Waals surface area contributed by atoms with Gasteiger partial charge in [-0.15, -0.1) is 0 Å². The number of halogens is 2. The number of para-hydroxylation sites is 1. The Bertz CT molecular complexity index is 567. The van der Waals surface area contributed by atoms with Crippen molar-refractivity contribution in [2.24, 2.45) is 0 Å². The molecule has 0 aliphatic heterocycles. The largest absolute Gasteiger partial charge is 0.492 e. The normalized spacial score (nSPS) is 10.1. The molecule has 0 aliphatic rings. The van der Waals surface area contributed by atoms with Crippen LogP contribution in [0, 0.1) is 0 Å². The highest BCUT2D eigenvalue weighted by Gasteiger charge is 2.13. The number of amides is 1. The van der Waals surface area contributed by atoms with Gasteiger partial charge in [0.2, 0.25) is 0 Å². The number of nitrogens with one attached hydrogen (secondary N) is 1. The Hall–Kier alpha value is -1.71. The van der Waals surface area contributed by atoms with Crippen LogP contribution in [0.25, 0.3) is 0 Å². The van der Waals surface area contributed by atoms with Crippen molar-refractivity contribution in [2.75, 3.05) is 13.2 Å². The lowest BCUT2D eigenvalue weighted by atomic mass is 10.2. The van der Waals surface area contributed by atoms with Gasteiger partial charge in [-0.05, 0) is 24.3 Å². The lowest BCUT2D eigenvalue weighted by Gasteiger charge is -2.09. The highest BCUT2D eigenvalue weighted by molar-refractivity contribution is 6.39. The van der Waals surface area contributed by atoms with Crippen LogP contribution in [0.4, 0.5) is 0 Å². The van der Waals surface area contributed by atoms with E-state index in [1.807, 2.05) is 30.3 Å². The van der Waals surface area contributed by atoms with E-state index in [-0.39, 0.29) is 11.5 Å². The molecular weight excluding hydrogens is 297 g/mol. The fraction of sp³-hybridized carbons (Fsp3) is 0.133. The summed E-state index contributed by atoms with van der Waals surface area (Å²) in [6.45, 7) is 0.743. The molecule has 104 valence electrons. The molecule has 3 nitrogen and oxygen atoms in total. The smallest absolute Gasteiger partial charge is 0.254 e. The van der Waals surface area contributed by atoms with E-state index in [1.54, 1.807) is 18.2 Å². The van der Waals surface area contributed by atoms with Gasteiger partial charge in [0.25, 0.3) is 5.91 Å². The van der Waals surface area contributed by atoms with Gasteiger partial charge >= 0.3 is 0 Å². The second kappa shape index (κ2) is 7.17. The lowest BCUT2D eigenvalue weighted by Crippen LogP contribution is -2.28. The van der Waals surface area contributed by atoms with Crippen LogP contribution in [0.5, 0.6) is 5.75 Å². The maximum atomic E-state index is 12.0. The Labute approximate surface area is 127 Å². The van der Waals surface area contributed by atoms with E-state index in [1.165, 1.54) is 0 Å². The molecule has 0 heterocycles. The lowest BCUT2D eigenvalue weighted by molar-refractivity contribution is 0.0947. The predicted octanol–water partition coefficient (Wildman–Crippen LogP) is 3.80. The van der Waals surface area contributed by atoms with Crippen LogP contribution in [0.2, 0.25) is 10.0 Å². The fourth-order valence-corrected chi connectivity index (χ4v) is 2.22. The van der Waals surface area contributed by atoms with Crippen LogP contribution in [0.1, 0.15) is 10.4 Å². The van der Waals surface area contributed by atoms with Gasteiger partial charge in [0, 0.05) is 0 Å². The van der Waals surface area contributed by atoms with Crippen LogP contribution in [-0.4, -0.2) is 19.1 Å². The summed E-state index contributed by atoms with van der Waals surface area (Å²) in [4.78, 5) is 12.0. The zero-order valence-electron chi connectivity index (χ0n) is 10.6. The average molecular weight is 310 g/mol. The van der Waals surface area contributed by atoms with Crippen molar-refractivity contribution in [1.29, 1.82) is 0 Å². The van der Waals surface area contributed by atoms with Gasteiger partial charge in [0.1, 0.15) is 12.4 Å². The zero-order valence-corrected chi connectivity index (χ0v) is 12.1. The van der Waals surface area contributed by atoms with Crippen molar-refractivity contribution in [2.45, 2.75) is 0 Å². The highest BCUT2D eigenvalue weighted by atomic mass is 35.5. The molecule has 0 radical (unpaired) electrons. The maximum Gasteiger partial charge on any atom is 0.254 e. The summed E-state index contributed by atoms with van der Waals surface area (Å²) in [5.74, 6) is 0.454. The molecule has 20 heavy (non-hydrogen) atoms. The minimum atomic E-state index is -0.308. The number of carbonyl (C=O) groups is 1. The van der Waals surface area contributed by atoms with E-state index in [4.69, 9.17) is 27.9 Å². The second-order valence-electron chi connectivity index (χ2n) is 4.01. The number of hydrogen-bond donors (Lipinski definition) is 1. The average Bonchev–Trinajstić information content (AvgIpc) is 2.44. The third kappa shape index (κ3) is 3.89. The highest BCUT2D eigenvalue weighted by Crippen LogP contribution is 2.23. The molecule has 5 heteroatoms. The van der Waals surface area contributed by atoms with Crippen LogP contribution in [-0.2, 0) is 0 Å². The van der Waals surface area contributed by atoms with Crippen molar-refractivity contribution in [3.05, 3.63) is 64.1 Å². The quantitative estimate of drug-likeness (QED) is 0.853. The molecule has 1 N–H and O–H groups in total. The first-order valence-electron chi connectivity index (χ1n) is 6.08. The molecule has 0 saturated heterocycles. The third-order valence-electron chi connectivity index (χ3n) is 2.59. The molecular formula is C15H13Cl2NO2. The summed E-state index contributed by atoms with van der Waals surface area (Å²) in [5.41, 5.74) is 0.288. The summed E-state index contributed by atoms with van der Waals surface area (Å²) in [5, 5.41) is 3.38. The van der Waals surface area contributed by atoms with Crippen molar-refractivity contribution in [3.8, 4) is 5.75 Å². The van der Waals surface area contributed by atoms with E-state index in [9.17, 15) is 4.79 Å². The summed E-state index contributed by atoms with van der Waals surface area (Å²) in [6, 6.07) is 14.3. The monoisotopic (exact) mass is 309 g/mol. The van der Waals surface area contributed by atoms with Crippen LogP contribution in [0.3, 0.4) is 0 Å². The van der Waals surface area contributed by atoms with Crippen molar-refractivity contribution in [1.82, 2.24) is 5.32 Å². The number of ether oxygens (including phenoxy) is 1. The zero-order chi connectivity index (χ0) is 14.4.